The minimum atomic E-state index is -4.58. The second-order valence-corrected chi connectivity index (χ2v) is 2.67. The van der Waals surface area contributed by atoms with E-state index in [9.17, 15) is 13.2 Å². The summed E-state index contributed by atoms with van der Waals surface area (Å²) in [5.41, 5.74) is 0.489. The van der Waals surface area contributed by atoms with Gasteiger partial charge in [0.15, 0.2) is 6.10 Å². The average Bonchev–Trinajstić information content (AvgIpc) is 2.14. The van der Waals surface area contributed by atoms with Crippen molar-refractivity contribution in [2.75, 3.05) is 11.9 Å². The molecular weight excluding hydrogens is 197 g/mol. The molecule has 0 spiro atoms. The molecule has 0 fully saturated rings. The zero-order chi connectivity index (χ0) is 10.6. The lowest BCUT2D eigenvalue weighted by molar-refractivity contribution is -0.198. The molecular formula is C8H9F3N2O. The van der Waals surface area contributed by atoms with Gasteiger partial charge < -0.3 is 10.4 Å². The molecule has 0 aliphatic carbocycles. The zero-order valence-electron chi connectivity index (χ0n) is 7.12. The Morgan fingerprint density at radius 1 is 1.36 bits per heavy atom. The number of aliphatic hydroxyl groups excluding tert-OH is 1. The highest BCUT2D eigenvalue weighted by Crippen LogP contribution is 2.20. The van der Waals surface area contributed by atoms with Crippen molar-refractivity contribution >= 4 is 5.69 Å². The van der Waals surface area contributed by atoms with Crippen LogP contribution >= 0.6 is 0 Å². The van der Waals surface area contributed by atoms with Gasteiger partial charge >= 0.3 is 6.18 Å². The summed E-state index contributed by atoms with van der Waals surface area (Å²) in [5.74, 6) is 0. The van der Waals surface area contributed by atoms with E-state index in [4.69, 9.17) is 5.11 Å². The molecule has 1 atom stereocenters. The number of anilines is 1. The first-order chi connectivity index (χ1) is 6.50. The van der Waals surface area contributed by atoms with Gasteiger partial charge in [0.05, 0.1) is 0 Å². The Morgan fingerprint density at radius 3 is 2.43 bits per heavy atom. The van der Waals surface area contributed by atoms with E-state index in [1.807, 2.05) is 0 Å². The monoisotopic (exact) mass is 206 g/mol. The summed E-state index contributed by atoms with van der Waals surface area (Å²) in [6.45, 7) is -0.562. The van der Waals surface area contributed by atoms with E-state index < -0.39 is 18.8 Å². The number of hydrogen-bond acceptors (Lipinski definition) is 3. The maximum Gasteiger partial charge on any atom is 0.416 e. The molecule has 0 saturated heterocycles. The maximum atomic E-state index is 11.8. The van der Waals surface area contributed by atoms with Crippen LogP contribution in [0.5, 0.6) is 0 Å². The van der Waals surface area contributed by atoms with Crippen molar-refractivity contribution in [2.45, 2.75) is 12.3 Å². The predicted octanol–water partition coefficient (Wildman–Crippen LogP) is 1.42. The van der Waals surface area contributed by atoms with Gasteiger partial charge in [0, 0.05) is 24.6 Å². The third kappa shape index (κ3) is 3.21. The minimum absolute atomic E-state index is 0.489. The van der Waals surface area contributed by atoms with Gasteiger partial charge in [-0.15, -0.1) is 0 Å². The molecule has 0 bridgehead atoms. The van der Waals surface area contributed by atoms with Crippen molar-refractivity contribution in [1.82, 2.24) is 4.98 Å². The lowest BCUT2D eigenvalue weighted by Crippen LogP contribution is -2.34. The van der Waals surface area contributed by atoms with Crippen LogP contribution in [0.25, 0.3) is 0 Å². The van der Waals surface area contributed by atoms with Gasteiger partial charge in [-0.3, -0.25) is 4.98 Å². The van der Waals surface area contributed by atoms with Gasteiger partial charge in [-0.2, -0.15) is 13.2 Å². The fraction of sp³-hybridized carbons (Fsp3) is 0.375. The number of aliphatic hydroxyl groups is 1. The van der Waals surface area contributed by atoms with Crippen LogP contribution in [0.15, 0.2) is 24.5 Å². The lowest BCUT2D eigenvalue weighted by atomic mass is 10.3. The summed E-state index contributed by atoms with van der Waals surface area (Å²) in [4.78, 5) is 3.70. The minimum Gasteiger partial charge on any atom is -0.382 e. The van der Waals surface area contributed by atoms with Gasteiger partial charge in [0.25, 0.3) is 0 Å². The van der Waals surface area contributed by atoms with Crippen LogP contribution in [0.3, 0.4) is 0 Å². The Kier molecular flexibility index (Phi) is 3.29. The molecule has 78 valence electrons. The first-order valence-electron chi connectivity index (χ1n) is 3.89. The zero-order valence-corrected chi connectivity index (χ0v) is 7.12. The van der Waals surface area contributed by atoms with E-state index in [1.54, 1.807) is 0 Å². The molecule has 0 aromatic carbocycles. The number of alkyl halides is 3. The van der Waals surface area contributed by atoms with Crippen LogP contribution in [0.2, 0.25) is 0 Å². The lowest BCUT2D eigenvalue weighted by Gasteiger charge is -2.15. The van der Waals surface area contributed by atoms with Gasteiger partial charge in [-0.25, -0.2) is 0 Å². The second kappa shape index (κ2) is 4.28. The highest BCUT2D eigenvalue weighted by molar-refractivity contribution is 5.40. The molecule has 0 aliphatic rings. The molecule has 3 nitrogen and oxygen atoms in total. The van der Waals surface area contributed by atoms with E-state index in [0.29, 0.717) is 5.69 Å². The third-order valence-electron chi connectivity index (χ3n) is 1.56. The van der Waals surface area contributed by atoms with E-state index >= 15 is 0 Å². The van der Waals surface area contributed by atoms with Crippen molar-refractivity contribution in [1.29, 1.82) is 0 Å². The van der Waals surface area contributed by atoms with Crippen molar-refractivity contribution in [3.63, 3.8) is 0 Å². The molecule has 0 amide bonds. The van der Waals surface area contributed by atoms with E-state index in [2.05, 4.69) is 10.3 Å². The van der Waals surface area contributed by atoms with E-state index in [1.165, 1.54) is 24.5 Å². The number of hydrogen-bond donors (Lipinski definition) is 2. The van der Waals surface area contributed by atoms with Crippen molar-refractivity contribution in [2.24, 2.45) is 0 Å². The van der Waals surface area contributed by atoms with Gasteiger partial charge in [-0.1, -0.05) is 0 Å². The fourth-order valence-corrected chi connectivity index (χ4v) is 0.800. The Bertz CT molecular complexity index is 276. The molecule has 1 unspecified atom stereocenters. The summed E-state index contributed by atoms with van der Waals surface area (Å²) in [5, 5.41) is 11.1. The van der Waals surface area contributed by atoms with Crippen LogP contribution in [-0.2, 0) is 0 Å². The predicted molar refractivity (Wildman–Crippen MR) is 44.8 cm³/mol. The first-order valence-corrected chi connectivity index (χ1v) is 3.89. The summed E-state index contributed by atoms with van der Waals surface area (Å²) in [7, 11) is 0. The highest BCUT2D eigenvalue weighted by atomic mass is 19.4. The molecule has 0 radical (unpaired) electrons. The summed E-state index contributed by atoms with van der Waals surface area (Å²) in [6, 6.07) is 3.03. The number of nitrogens with zero attached hydrogens (tertiary/aromatic N) is 1. The smallest absolute Gasteiger partial charge is 0.382 e. The Labute approximate surface area is 78.6 Å². The maximum absolute atomic E-state index is 11.8. The molecule has 2 N–H and O–H groups in total. The molecule has 1 heterocycles. The first kappa shape index (κ1) is 10.8. The Balaban J connectivity index is 2.42. The molecule has 1 aromatic rings. The van der Waals surface area contributed by atoms with E-state index in [0.717, 1.165) is 0 Å². The average molecular weight is 206 g/mol. The number of aromatic nitrogens is 1. The van der Waals surface area contributed by atoms with Crippen molar-refractivity contribution in [3.8, 4) is 0 Å². The summed E-state index contributed by atoms with van der Waals surface area (Å²) >= 11 is 0. The molecule has 6 heteroatoms. The number of rotatable bonds is 3. The van der Waals surface area contributed by atoms with Gasteiger partial charge in [0.2, 0.25) is 0 Å². The summed E-state index contributed by atoms with van der Waals surface area (Å²) < 4.78 is 35.5. The van der Waals surface area contributed by atoms with Crippen molar-refractivity contribution < 1.29 is 18.3 Å². The highest BCUT2D eigenvalue weighted by Gasteiger charge is 2.37. The molecule has 1 rings (SSSR count). The molecule has 14 heavy (non-hydrogen) atoms. The summed E-state index contributed by atoms with van der Waals surface area (Å²) in [6.07, 6.45) is -4.04. The van der Waals surface area contributed by atoms with Crippen LogP contribution in [0.1, 0.15) is 0 Å². The second-order valence-electron chi connectivity index (χ2n) is 2.67. The van der Waals surface area contributed by atoms with E-state index in [-0.39, 0.29) is 0 Å². The topological polar surface area (TPSA) is 45.1 Å². The van der Waals surface area contributed by atoms with Crippen LogP contribution < -0.4 is 5.32 Å². The van der Waals surface area contributed by atoms with Crippen molar-refractivity contribution in [3.05, 3.63) is 24.5 Å². The normalized spacial score (nSPS) is 13.7. The van der Waals surface area contributed by atoms with Crippen LogP contribution in [0, 0.1) is 0 Å². The number of nitrogens with one attached hydrogen (secondary N) is 1. The quantitative estimate of drug-likeness (QED) is 0.786. The van der Waals surface area contributed by atoms with Crippen LogP contribution in [-0.4, -0.2) is 28.9 Å². The third-order valence-corrected chi connectivity index (χ3v) is 1.56. The molecule has 0 aliphatic heterocycles. The van der Waals surface area contributed by atoms with Gasteiger partial charge in [-0.05, 0) is 12.1 Å². The molecule has 0 saturated carbocycles. The number of pyridine rings is 1. The standard InChI is InChI=1S/C8H9F3N2O/c9-8(10,11)7(14)5-13-6-1-3-12-4-2-6/h1-4,7,14H,5H2,(H,12,13). The SMILES string of the molecule is OC(CNc1ccncc1)C(F)(F)F. The molecule has 1 aromatic heterocycles. The fourth-order valence-electron chi connectivity index (χ4n) is 0.800. The Hall–Kier alpha value is -1.30. The van der Waals surface area contributed by atoms with Crippen LogP contribution in [0.4, 0.5) is 18.9 Å². The van der Waals surface area contributed by atoms with Gasteiger partial charge in [0.1, 0.15) is 0 Å². The largest absolute Gasteiger partial charge is 0.416 e. The Morgan fingerprint density at radius 2 is 1.93 bits per heavy atom. The number of halogens is 3.